The van der Waals surface area contributed by atoms with Gasteiger partial charge in [-0.25, -0.2) is 0 Å². The Balaban J connectivity index is 1.98. The Morgan fingerprint density at radius 2 is 1.46 bits per heavy atom. The summed E-state index contributed by atoms with van der Waals surface area (Å²) >= 11 is 0. The third kappa shape index (κ3) is 12.6. The Morgan fingerprint density at radius 1 is 0.929 bits per heavy atom. The maximum Gasteiger partial charge on any atom is 0.0998 e. The number of aliphatic imine (C=N–C) groups is 1. The highest BCUT2D eigenvalue weighted by Gasteiger charge is 2.30. The first kappa shape index (κ1) is 25.2. The van der Waals surface area contributed by atoms with Crippen molar-refractivity contribution in [3.63, 3.8) is 0 Å². The number of hydrogen-bond acceptors (Lipinski definition) is 3. The van der Waals surface area contributed by atoms with E-state index in [0.29, 0.717) is 6.54 Å². The highest BCUT2D eigenvalue weighted by Crippen LogP contribution is 2.23. The summed E-state index contributed by atoms with van der Waals surface area (Å²) in [5.74, 6) is 1.21. The molecule has 0 spiro atoms. The van der Waals surface area contributed by atoms with Crippen LogP contribution in [-0.4, -0.2) is 40.6 Å². The van der Waals surface area contributed by atoms with E-state index in [9.17, 15) is 5.11 Å². The molecule has 0 amide bonds. The predicted molar refractivity (Wildman–Crippen MR) is 124 cm³/mol. The molecular weight excluding hydrogens is 344 g/mol. The summed E-state index contributed by atoms with van der Waals surface area (Å²) in [6.45, 7) is 10.2. The monoisotopic (exact) mass is 392 g/mol. The average Bonchev–Trinajstić information content (AvgIpc) is 2.91. The van der Waals surface area contributed by atoms with Crippen molar-refractivity contribution < 1.29 is 5.11 Å². The van der Waals surface area contributed by atoms with Crippen LogP contribution in [0.25, 0.3) is 0 Å². The number of nitrogens with zero attached hydrogens (tertiary/aromatic N) is 2. The second kappa shape index (κ2) is 15.1. The maximum absolute atomic E-state index is 9.70. The number of β-amino-alcohol motifs (C(OH)–C–C–N with tert-alkyl or cyclic N) is 1. The lowest BCUT2D eigenvalue weighted by molar-refractivity contribution is 0.157. The first-order chi connectivity index (χ1) is 13.4. The van der Waals surface area contributed by atoms with Crippen molar-refractivity contribution in [1.29, 1.82) is 0 Å². The Bertz CT molecular complexity index is 440. The van der Waals surface area contributed by atoms with Gasteiger partial charge in [0.25, 0.3) is 0 Å². The average molecular weight is 393 g/mol. The van der Waals surface area contributed by atoms with Gasteiger partial charge in [-0.15, -0.1) is 0 Å². The van der Waals surface area contributed by atoms with Crippen LogP contribution in [-0.2, 0) is 0 Å². The van der Waals surface area contributed by atoms with E-state index in [1.165, 1.54) is 89.3 Å². The Morgan fingerprint density at radius 3 is 2.04 bits per heavy atom. The van der Waals surface area contributed by atoms with E-state index in [-0.39, 0.29) is 11.6 Å². The molecule has 1 N–H and O–H groups in total. The highest BCUT2D eigenvalue weighted by molar-refractivity contribution is 5.84. The topological polar surface area (TPSA) is 35.8 Å². The third-order valence-electron chi connectivity index (χ3n) is 5.52. The zero-order valence-corrected chi connectivity index (χ0v) is 19.4. The second-order valence-corrected chi connectivity index (χ2v) is 9.40. The van der Waals surface area contributed by atoms with Crippen LogP contribution < -0.4 is 0 Å². The van der Waals surface area contributed by atoms with E-state index >= 15 is 0 Å². The minimum atomic E-state index is -0.284. The van der Waals surface area contributed by atoms with E-state index in [2.05, 4.69) is 37.8 Å². The fraction of sp³-hybridized carbons (Fsp3) is 0.880. The maximum atomic E-state index is 9.70. The SMILES string of the molecule is CCCCCCCC/C=C\CCCCCCCC1=NC(C)(C)CN1C[C@@H](C)O. The smallest absolute Gasteiger partial charge is 0.0998 e. The van der Waals surface area contributed by atoms with Crippen molar-refractivity contribution in [2.75, 3.05) is 13.1 Å². The number of rotatable bonds is 17. The number of unbranched alkanes of at least 4 members (excludes halogenated alkanes) is 11. The van der Waals surface area contributed by atoms with Gasteiger partial charge in [0, 0.05) is 19.5 Å². The summed E-state index contributed by atoms with van der Waals surface area (Å²) in [4.78, 5) is 7.17. The minimum absolute atomic E-state index is 0.00602. The van der Waals surface area contributed by atoms with Gasteiger partial charge in [0.05, 0.1) is 17.5 Å². The van der Waals surface area contributed by atoms with E-state index in [1.54, 1.807) is 0 Å². The highest BCUT2D eigenvalue weighted by atomic mass is 16.3. The summed E-state index contributed by atoms with van der Waals surface area (Å²) in [5.41, 5.74) is 0.00602. The first-order valence-electron chi connectivity index (χ1n) is 12.1. The van der Waals surface area contributed by atoms with Crippen molar-refractivity contribution in [3.8, 4) is 0 Å². The summed E-state index contributed by atoms with van der Waals surface area (Å²) in [6, 6.07) is 0. The summed E-state index contributed by atoms with van der Waals surface area (Å²) in [5, 5.41) is 9.70. The largest absolute Gasteiger partial charge is 0.392 e. The molecule has 1 atom stereocenters. The molecule has 3 nitrogen and oxygen atoms in total. The molecule has 0 aromatic rings. The van der Waals surface area contributed by atoms with Crippen LogP contribution in [0.3, 0.4) is 0 Å². The van der Waals surface area contributed by atoms with Gasteiger partial charge in [0.2, 0.25) is 0 Å². The number of aliphatic hydroxyl groups excluding tert-OH is 1. The van der Waals surface area contributed by atoms with Crippen molar-refractivity contribution in [3.05, 3.63) is 12.2 Å². The van der Waals surface area contributed by atoms with Gasteiger partial charge in [-0.2, -0.15) is 0 Å². The van der Waals surface area contributed by atoms with Gasteiger partial charge in [0.1, 0.15) is 0 Å². The number of allylic oxidation sites excluding steroid dienone is 2. The molecule has 0 saturated carbocycles. The fourth-order valence-electron chi connectivity index (χ4n) is 4.07. The van der Waals surface area contributed by atoms with Crippen LogP contribution in [0.4, 0.5) is 0 Å². The predicted octanol–water partition coefficient (Wildman–Crippen LogP) is 6.90. The fourth-order valence-corrected chi connectivity index (χ4v) is 4.07. The molecule has 0 aromatic carbocycles. The molecule has 0 saturated heterocycles. The number of hydrogen-bond donors (Lipinski definition) is 1. The van der Waals surface area contributed by atoms with Gasteiger partial charge in [-0.05, 0) is 52.9 Å². The molecule has 0 bridgehead atoms. The molecule has 1 heterocycles. The lowest BCUT2D eigenvalue weighted by Gasteiger charge is -2.24. The van der Waals surface area contributed by atoms with Crippen molar-refractivity contribution >= 4 is 5.84 Å². The van der Waals surface area contributed by atoms with Crippen LogP contribution in [0.1, 0.15) is 118 Å². The quantitative estimate of drug-likeness (QED) is 0.216. The molecule has 1 aliphatic rings. The molecule has 164 valence electrons. The van der Waals surface area contributed by atoms with E-state index in [0.717, 1.165) is 13.0 Å². The zero-order valence-electron chi connectivity index (χ0n) is 19.4. The third-order valence-corrected chi connectivity index (χ3v) is 5.52. The van der Waals surface area contributed by atoms with E-state index in [1.807, 2.05) is 6.92 Å². The normalized spacial score (nSPS) is 17.5. The summed E-state index contributed by atoms with van der Waals surface area (Å²) < 4.78 is 0. The van der Waals surface area contributed by atoms with Crippen molar-refractivity contribution in [2.45, 2.75) is 129 Å². The van der Waals surface area contributed by atoms with Gasteiger partial charge in [0.15, 0.2) is 0 Å². The molecule has 1 rings (SSSR count). The zero-order chi connectivity index (χ0) is 20.7. The lowest BCUT2D eigenvalue weighted by Crippen LogP contribution is -2.37. The van der Waals surface area contributed by atoms with Crippen molar-refractivity contribution in [2.24, 2.45) is 4.99 Å². The van der Waals surface area contributed by atoms with Gasteiger partial charge in [-0.3, -0.25) is 4.99 Å². The number of amidine groups is 1. The molecule has 1 aliphatic heterocycles. The Hall–Kier alpha value is -0.830. The number of aliphatic hydroxyl groups is 1. The molecule has 0 radical (unpaired) electrons. The molecular formula is C25H48N2O. The van der Waals surface area contributed by atoms with Crippen LogP contribution in [0.2, 0.25) is 0 Å². The molecule has 0 aliphatic carbocycles. The standard InChI is InChI=1S/C25H48N2O/c1-5-6-7-8-9-10-11-12-13-14-15-16-17-18-19-20-24-26-25(3,4)22-27(24)21-23(2)28/h12-13,23,28H,5-11,14-22H2,1-4H3/b13-12-/t23-/m1/s1. The first-order valence-corrected chi connectivity index (χ1v) is 12.1. The van der Waals surface area contributed by atoms with Gasteiger partial charge < -0.3 is 10.0 Å². The molecule has 0 fully saturated rings. The Kier molecular flexibility index (Phi) is 13.6. The molecule has 0 unspecified atom stereocenters. The Labute approximate surface area is 175 Å². The molecule has 28 heavy (non-hydrogen) atoms. The van der Waals surface area contributed by atoms with Crippen LogP contribution in [0, 0.1) is 0 Å². The van der Waals surface area contributed by atoms with Crippen LogP contribution >= 0.6 is 0 Å². The summed E-state index contributed by atoms with van der Waals surface area (Å²) in [7, 11) is 0. The van der Waals surface area contributed by atoms with Crippen molar-refractivity contribution in [1.82, 2.24) is 4.90 Å². The minimum Gasteiger partial charge on any atom is -0.392 e. The van der Waals surface area contributed by atoms with Crippen LogP contribution in [0.15, 0.2) is 17.1 Å². The molecule has 3 heteroatoms. The van der Waals surface area contributed by atoms with E-state index < -0.39 is 0 Å². The molecule has 0 aromatic heterocycles. The van der Waals surface area contributed by atoms with Crippen LogP contribution in [0.5, 0.6) is 0 Å². The summed E-state index contributed by atoms with van der Waals surface area (Å²) in [6.07, 6.45) is 23.0. The van der Waals surface area contributed by atoms with E-state index in [4.69, 9.17) is 4.99 Å². The van der Waals surface area contributed by atoms with Gasteiger partial charge in [-0.1, -0.05) is 70.4 Å². The lowest BCUT2D eigenvalue weighted by atomic mass is 10.1. The van der Waals surface area contributed by atoms with Gasteiger partial charge >= 0.3 is 0 Å². The second-order valence-electron chi connectivity index (χ2n) is 9.40.